The largest absolute Gasteiger partial charge is 0.368 e. The van der Waals surface area contributed by atoms with E-state index in [1.54, 1.807) is 6.20 Å². The van der Waals surface area contributed by atoms with Crippen molar-refractivity contribution in [1.82, 2.24) is 10.3 Å². The molecule has 1 saturated heterocycles. The van der Waals surface area contributed by atoms with E-state index in [0.717, 1.165) is 48.1 Å². The highest BCUT2D eigenvalue weighted by atomic mass is 16.5. The lowest BCUT2D eigenvalue weighted by Gasteiger charge is -2.22. The second-order valence-electron chi connectivity index (χ2n) is 5.64. The molecule has 0 saturated carbocycles. The van der Waals surface area contributed by atoms with Crippen LogP contribution in [0.25, 0.3) is 10.9 Å². The molecule has 22 heavy (non-hydrogen) atoms. The van der Waals surface area contributed by atoms with Gasteiger partial charge in [0.2, 0.25) is 5.91 Å². The molecule has 5 nitrogen and oxygen atoms in total. The van der Waals surface area contributed by atoms with Crippen molar-refractivity contribution in [3.63, 3.8) is 0 Å². The second-order valence-corrected chi connectivity index (χ2v) is 5.64. The normalized spacial score (nSPS) is 15.9. The Hall–Kier alpha value is -1.98. The fourth-order valence-electron chi connectivity index (χ4n) is 2.76. The number of nitrogens with zero attached hydrogens (tertiary/aromatic N) is 1. The summed E-state index contributed by atoms with van der Waals surface area (Å²) < 4.78 is 5.69. The average Bonchev–Trinajstić information content (AvgIpc) is 2.57. The van der Waals surface area contributed by atoms with E-state index in [0.29, 0.717) is 0 Å². The van der Waals surface area contributed by atoms with E-state index in [1.807, 2.05) is 31.2 Å². The standard InChI is InChI=1S/C17H21N3O2/c1-12-4-5-15(14-3-2-8-19-17(12)14)20-16(21)11-22-13-6-9-18-10-7-13/h2-5,8,13,18H,6-7,9-11H2,1H3,(H,20,21). The zero-order valence-corrected chi connectivity index (χ0v) is 12.8. The fraction of sp³-hybridized carbons (Fsp3) is 0.412. The third-order valence-corrected chi connectivity index (χ3v) is 3.98. The Bertz CT molecular complexity index is 666. The van der Waals surface area contributed by atoms with Gasteiger partial charge in [0, 0.05) is 11.6 Å². The van der Waals surface area contributed by atoms with Gasteiger partial charge in [0.25, 0.3) is 0 Å². The molecule has 3 rings (SSSR count). The molecular formula is C17H21N3O2. The minimum Gasteiger partial charge on any atom is -0.368 e. The number of nitrogens with one attached hydrogen (secondary N) is 2. The molecule has 2 N–H and O–H groups in total. The van der Waals surface area contributed by atoms with Crippen molar-refractivity contribution in [2.75, 3.05) is 25.0 Å². The number of amides is 1. The summed E-state index contributed by atoms with van der Waals surface area (Å²) in [5.41, 5.74) is 2.80. The van der Waals surface area contributed by atoms with Gasteiger partial charge in [-0.3, -0.25) is 9.78 Å². The van der Waals surface area contributed by atoms with Crippen molar-refractivity contribution in [3.8, 4) is 0 Å². The highest BCUT2D eigenvalue weighted by Crippen LogP contribution is 2.24. The van der Waals surface area contributed by atoms with Crippen LogP contribution >= 0.6 is 0 Å². The monoisotopic (exact) mass is 299 g/mol. The first-order chi connectivity index (χ1) is 10.7. The first-order valence-electron chi connectivity index (χ1n) is 7.70. The third-order valence-electron chi connectivity index (χ3n) is 3.98. The number of hydrogen-bond donors (Lipinski definition) is 2. The van der Waals surface area contributed by atoms with Gasteiger partial charge >= 0.3 is 0 Å². The zero-order valence-electron chi connectivity index (χ0n) is 12.8. The highest BCUT2D eigenvalue weighted by molar-refractivity contribution is 6.02. The van der Waals surface area contributed by atoms with Crippen LogP contribution in [0.5, 0.6) is 0 Å². The Balaban J connectivity index is 1.65. The average molecular weight is 299 g/mol. The van der Waals surface area contributed by atoms with Crippen molar-refractivity contribution in [3.05, 3.63) is 36.0 Å². The maximum Gasteiger partial charge on any atom is 0.250 e. The van der Waals surface area contributed by atoms with Gasteiger partial charge in [-0.15, -0.1) is 0 Å². The number of carbonyl (C=O) groups is 1. The second kappa shape index (κ2) is 6.85. The lowest BCUT2D eigenvalue weighted by atomic mass is 10.1. The molecule has 1 aliphatic heterocycles. The van der Waals surface area contributed by atoms with Crippen molar-refractivity contribution < 1.29 is 9.53 Å². The number of ether oxygens (including phenoxy) is 1. The number of rotatable bonds is 4. The number of aromatic nitrogens is 1. The van der Waals surface area contributed by atoms with Crippen LogP contribution < -0.4 is 10.6 Å². The maximum absolute atomic E-state index is 12.1. The van der Waals surface area contributed by atoms with E-state index in [-0.39, 0.29) is 18.6 Å². The number of benzene rings is 1. The lowest BCUT2D eigenvalue weighted by Crippen LogP contribution is -2.34. The highest BCUT2D eigenvalue weighted by Gasteiger charge is 2.15. The number of pyridine rings is 1. The number of hydrogen-bond acceptors (Lipinski definition) is 4. The number of aryl methyl sites for hydroxylation is 1. The summed E-state index contributed by atoms with van der Waals surface area (Å²) in [6.45, 7) is 4.03. The molecule has 1 aromatic carbocycles. The summed E-state index contributed by atoms with van der Waals surface area (Å²) in [4.78, 5) is 16.5. The van der Waals surface area contributed by atoms with Crippen LogP contribution in [0, 0.1) is 6.92 Å². The Labute approximate surface area is 130 Å². The van der Waals surface area contributed by atoms with Gasteiger partial charge in [-0.1, -0.05) is 6.07 Å². The molecule has 0 spiro atoms. The summed E-state index contributed by atoms with van der Waals surface area (Å²) >= 11 is 0. The summed E-state index contributed by atoms with van der Waals surface area (Å²) in [6, 6.07) is 7.74. The molecule has 1 aliphatic rings. The van der Waals surface area contributed by atoms with E-state index >= 15 is 0 Å². The first kappa shape index (κ1) is 14.9. The minimum atomic E-state index is -0.118. The fourth-order valence-corrected chi connectivity index (χ4v) is 2.76. The van der Waals surface area contributed by atoms with E-state index in [9.17, 15) is 4.79 Å². The molecule has 0 bridgehead atoms. The Morgan fingerprint density at radius 2 is 2.18 bits per heavy atom. The molecule has 0 unspecified atom stereocenters. The topological polar surface area (TPSA) is 63.2 Å². The van der Waals surface area contributed by atoms with Crippen molar-refractivity contribution >= 4 is 22.5 Å². The molecule has 116 valence electrons. The SMILES string of the molecule is Cc1ccc(NC(=O)COC2CCNCC2)c2cccnc12. The van der Waals surface area contributed by atoms with Crippen molar-refractivity contribution in [2.24, 2.45) is 0 Å². The van der Waals surface area contributed by atoms with Crippen LogP contribution in [0.2, 0.25) is 0 Å². The predicted molar refractivity (Wildman–Crippen MR) is 87.0 cm³/mol. The molecule has 2 aromatic rings. The third kappa shape index (κ3) is 3.43. The van der Waals surface area contributed by atoms with Crippen LogP contribution in [-0.2, 0) is 9.53 Å². The summed E-state index contributed by atoms with van der Waals surface area (Å²) in [7, 11) is 0. The zero-order chi connectivity index (χ0) is 15.4. The number of piperidine rings is 1. The number of fused-ring (bicyclic) bond motifs is 1. The van der Waals surface area contributed by atoms with E-state index in [4.69, 9.17) is 4.74 Å². The summed E-state index contributed by atoms with van der Waals surface area (Å²) in [6.07, 6.45) is 3.87. The minimum absolute atomic E-state index is 0.0975. The molecule has 2 heterocycles. The smallest absolute Gasteiger partial charge is 0.250 e. The summed E-state index contributed by atoms with van der Waals surface area (Å²) in [5.74, 6) is -0.118. The molecule has 1 aromatic heterocycles. The van der Waals surface area contributed by atoms with Gasteiger partial charge in [0.05, 0.1) is 17.3 Å². The van der Waals surface area contributed by atoms with Crippen LogP contribution in [0.4, 0.5) is 5.69 Å². The van der Waals surface area contributed by atoms with Gasteiger partial charge in [-0.25, -0.2) is 0 Å². The first-order valence-corrected chi connectivity index (χ1v) is 7.70. The Kier molecular flexibility index (Phi) is 4.65. The van der Waals surface area contributed by atoms with E-state index in [2.05, 4.69) is 15.6 Å². The molecular weight excluding hydrogens is 278 g/mol. The van der Waals surface area contributed by atoms with E-state index < -0.39 is 0 Å². The van der Waals surface area contributed by atoms with Gasteiger partial charge in [-0.2, -0.15) is 0 Å². The van der Waals surface area contributed by atoms with Crippen LogP contribution in [-0.4, -0.2) is 36.7 Å². The van der Waals surface area contributed by atoms with Gasteiger partial charge < -0.3 is 15.4 Å². The molecule has 1 fully saturated rings. The van der Waals surface area contributed by atoms with E-state index in [1.165, 1.54) is 0 Å². The Morgan fingerprint density at radius 3 is 3.00 bits per heavy atom. The summed E-state index contributed by atoms with van der Waals surface area (Å²) in [5, 5.41) is 7.17. The molecule has 0 aliphatic carbocycles. The van der Waals surface area contributed by atoms with Crippen LogP contribution in [0.15, 0.2) is 30.5 Å². The van der Waals surface area contributed by atoms with Crippen LogP contribution in [0.3, 0.4) is 0 Å². The quantitative estimate of drug-likeness (QED) is 0.909. The number of anilines is 1. The van der Waals surface area contributed by atoms with Gasteiger partial charge in [-0.05, 0) is 56.6 Å². The number of carbonyl (C=O) groups excluding carboxylic acids is 1. The van der Waals surface area contributed by atoms with Crippen LogP contribution in [0.1, 0.15) is 18.4 Å². The van der Waals surface area contributed by atoms with Gasteiger partial charge in [0.15, 0.2) is 0 Å². The van der Waals surface area contributed by atoms with Crippen molar-refractivity contribution in [2.45, 2.75) is 25.9 Å². The predicted octanol–water partition coefficient (Wildman–Crippen LogP) is 2.25. The van der Waals surface area contributed by atoms with Gasteiger partial charge in [0.1, 0.15) is 6.61 Å². The molecule has 5 heteroatoms. The maximum atomic E-state index is 12.1. The Morgan fingerprint density at radius 1 is 1.36 bits per heavy atom. The molecule has 0 atom stereocenters. The molecule has 1 amide bonds. The molecule has 0 radical (unpaired) electrons. The lowest BCUT2D eigenvalue weighted by molar-refractivity contribution is -0.123. The van der Waals surface area contributed by atoms with Crippen molar-refractivity contribution in [1.29, 1.82) is 0 Å².